The highest BCUT2D eigenvalue weighted by Gasteiger charge is 2.45. The molecule has 2 aromatic rings. The van der Waals surface area contributed by atoms with E-state index in [1.54, 1.807) is 11.0 Å². The van der Waals surface area contributed by atoms with Crippen molar-refractivity contribution in [2.24, 2.45) is 0 Å². The maximum Gasteiger partial charge on any atom is 0.253 e. The van der Waals surface area contributed by atoms with Crippen LogP contribution >= 0.6 is 0 Å². The second-order valence-corrected chi connectivity index (χ2v) is 9.76. The quantitative estimate of drug-likeness (QED) is 0.691. The molecule has 2 fully saturated rings. The number of benzene rings is 2. The number of hydrogen-bond donors (Lipinski definition) is 1. The Morgan fingerprint density at radius 1 is 1.21 bits per heavy atom. The largest absolute Gasteiger partial charge is 0.386 e. The van der Waals surface area contributed by atoms with Crippen molar-refractivity contribution in [3.63, 3.8) is 0 Å². The van der Waals surface area contributed by atoms with Crippen molar-refractivity contribution >= 4 is 5.91 Å². The molecule has 0 saturated carbocycles. The Hall–Kier alpha value is -2.28. The summed E-state index contributed by atoms with van der Waals surface area (Å²) in [6.07, 6.45) is 3.18. The average molecular weight is 456 g/mol. The minimum atomic E-state index is -1.30. The normalized spacial score (nSPS) is 23.0. The zero-order chi connectivity index (χ0) is 23.6. The molecule has 0 radical (unpaired) electrons. The van der Waals surface area contributed by atoms with Gasteiger partial charge in [-0.3, -0.25) is 4.79 Å². The number of nitrogens with zero attached hydrogens (tertiary/aromatic N) is 1. The molecule has 2 heterocycles. The SMILES string of the molecule is CCOC1CC(c2ccccc2)OC2(CCN(C(=O)c3ccc(C(C)(C)O)c(F)c3)CC2)C1. The molecule has 4 rings (SSSR count). The first-order chi connectivity index (χ1) is 15.7. The number of piperidine rings is 1. The van der Waals surface area contributed by atoms with E-state index in [-0.39, 0.29) is 29.3 Å². The standard InChI is InChI=1S/C27H34FNO4/c1-4-32-21-17-24(19-8-6-5-7-9-19)33-27(18-21)12-14-29(15-13-27)25(30)20-10-11-22(23(28)16-20)26(2,3)31/h5-11,16,21,24,31H,4,12-15,17-18H2,1-3H3. The van der Waals surface area contributed by atoms with Gasteiger partial charge in [0.25, 0.3) is 5.91 Å². The average Bonchev–Trinajstić information content (AvgIpc) is 2.79. The van der Waals surface area contributed by atoms with Gasteiger partial charge in [-0.05, 0) is 51.3 Å². The van der Waals surface area contributed by atoms with E-state index in [1.165, 1.54) is 26.0 Å². The molecular weight excluding hydrogens is 421 g/mol. The van der Waals surface area contributed by atoms with Crippen LogP contribution < -0.4 is 0 Å². The van der Waals surface area contributed by atoms with E-state index in [9.17, 15) is 14.3 Å². The molecule has 2 aliphatic heterocycles. The summed E-state index contributed by atoms with van der Waals surface area (Å²) < 4.78 is 27.2. The van der Waals surface area contributed by atoms with Crippen LogP contribution in [0.2, 0.25) is 0 Å². The van der Waals surface area contributed by atoms with Gasteiger partial charge >= 0.3 is 0 Å². The number of rotatable bonds is 5. The monoisotopic (exact) mass is 455 g/mol. The van der Waals surface area contributed by atoms with Crippen LogP contribution in [0, 0.1) is 5.82 Å². The van der Waals surface area contributed by atoms with Crippen LogP contribution in [0.15, 0.2) is 48.5 Å². The van der Waals surface area contributed by atoms with E-state index in [4.69, 9.17) is 9.47 Å². The van der Waals surface area contributed by atoms with Gasteiger partial charge in [-0.15, -0.1) is 0 Å². The lowest BCUT2D eigenvalue weighted by Crippen LogP contribution is -2.52. The highest BCUT2D eigenvalue weighted by molar-refractivity contribution is 5.94. The molecular formula is C27H34FNO4. The third kappa shape index (κ3) is 5.29. The molecule has 2 saturated heterocycles. The fourth-order valence-corrected chi connectivity index (χ4v) is 5.14. The van der Waals surface area contributed by atoms with E-state index in [1.807, 2.05) is 25.1 Å². The third-order valence-electron chi connectivity index (χ3n) is 6.88. The van der Waals surface area contributed by atoms with Crippen molar-refractivity contribution in [2.75, 3.05) is 19.7 Å². The highest BCUT2D eigenvalue weighted by Crippen LogP contribution is 2.44. The molecule has 0 aromatic heterocycles. The van der Waals surface area contributed by atoms with Crippen molar-refractivity contribution in [3.8, 4) is 0 Å². The van der Waals surface area contributed by atoms with Gasteiger partial charge in [0.1, 0.15) is 5.82 Å². The summed E-state index contributed by atoms with van der Waals surface area (Å²) in [5.41, 5.74) is 0.0120. The molecule has 2 atom stereocenters. The zero-order valence-electron chi connectivity index (χ0n) is 19.7. The van der Waals surface area contributed by atoms with E-state index in [0.717, 1.165) is 31.2 Å². The maximum atomic E-state index is 14.5. The number of likely N-dealkylation sites (tertiary alicyclic amines) is 1. The molecule has 2 unspecified atom stereocenters. The smallest absolute Gasteiger partial charge is 0.253 e. The van der Waals surface area contributed by atoms with Crippen LogP contribution in [0.4, 0.5) is 4.39 Å². The first-order valence-corrected chi connectivity index (χ1v) is 11.9. The van der Waals surface area contributed by atoms with E-state index in [0.29, 0.717) is 25.3 Å². The Balaban J connectivity index is 1.46. The van der Waals surface area contributed by atoms with Crippen LogP contribution in [0.5, 0.6) is 0 Å². The van der Waals surface area contributed by atoms with Crippen LogP contribution in [0.3, 0.4) is 0 Å². The first kappa shape index (κ1) is 23.9. The van der Waals surface area contributed by atoms with Gasteiger partial charge < -0.3 is 19.5 Å². The van der Waals surface area contributed by atoms with Gasteiger partial charge in [0, 0.05) is 43.7 Å². The Bertz CT molecular complexity index is 964. The molecule has 0 aliphatic carbocycles. The predicted molar refractivity (Wildman–Crippen MR) is 124 cm³/mol. The molecule has 178 valence electrons. The van der Waals surface area contributed by atoms with Gasteiger partial charge in [-0.1, -0.05) is 36.4 Å². The lowest BCUT2D eigenvalue weighted by atomic mass is 9.80. The fraction of sp³-hybridized carbons (Fsp3) is 0.519. The minimum absolute atomic E-state index is 0.0257. The molecule has 2 aliphatic rings. The highest BCUT2D eigenvalue weighted by atomic mass is 19.1. The number of halogens is 1. The van der Waals surface area contributed by atoms with Gasteiger partial charge in [-0.2, -0.15) is 0 Å². The Kier molecular flexibility index (Phi) is 6.89. The van der Waals surface area contributed by atoms with E-state index in [2.05, 4.69) is 12.1 Å². The van der Waals surface area contributed by atoms with Crippen molar-refractivity contribution < 1.29 is 23.8 Å². The summed E-state index contributed by atoms with van der Waals surface area (Å²) in [5.74, 6) is -0.759. The molecule has 5 nitrogen and oxygen atoms in total. The summed E-state index contributed by atoms with van der Waals surface area (Å²) in [7, 11) is 0. The Morgan fingerprint density at radius 2 is 1.91 bits per heavy atom. The van der Waals surface area contributed by atoms with Gasteiger partial charge in [0.2, 0.25) is 0 Å². The fourth-order valence-electron chi connectivity index (χ4n) is 5.14. The van der Waals surface area contributed by atoms with Crippen molar-refractivity contribution in [3.05, 3.63) is 71.0 Å². The maximum absolute atomic E-state index is 14.5. The topological polar surface area (TPSA) is 59.0 Å². The lowest BCUT2D eigenvalue weighted by molar-refractivity contribution is -0.190. The summed E-state index contributed by atoms with van der Waals surface area (Å²) in [4.78, 5) is 14.8. The number of aliphatic hydroxyl groups is 1. The second kappa shape index (κ2) is 9.53. The molecule has 2 aromatic carbocycles. The number of hydrogen-bond acceptors (Lipinski definition) is 4. The van der Waals surface area contributed by atoms with Crippen molar-refractivity contribution in [2.45, 2.75) is 69.9 Å². The Morgan fingerprint density at radius 3 is 2.52 bits per heavy atom. The molecule has 33 heavy (non-hydrogen) atoms. The number of carbonyl (C=O) groups is 1. The Labute approximate surface area is 195 Å². The predicted octanol–water partition coefficient (Wildman–Crippen LogP) is 4.98. The van der Waals surface area contributed by atoms with Gasteiger partial charge in [-0.25, -0.2) is 4.39 Å². The van der Waals surface area contributed by atoms with E-state index >= 15 is 0 Å². The summed E-state index contributed by atoms with van der Waals surface area (Å²) in [6, 6.07) is 14.6. The molecule has 6 heteroatoms. The second-order valence-electron chi connectivity index (χ2n) is 9.76. The van der Waals surface area contributed by atoms with Gasteiger partial charge in [0.15, 0.2) is 0 Å². The number of carbonyl (C=O) groups excluding carboxylic acids is 1. The van der Waals surface area contributed by atoms with Crippen LogP contribution in [-0.4, -0.2) is 47.3 Å². The molecule has 1 amide bonds. The molecule has 1 N–H and O–H groups in total. The van der Waals surface area contributed by atoms with Crippen LogP contribution in [0.1, 0.15) is 74.0 Å². The minimum Gasteiger partial charge on any atom is -0.386 e. The lowest BCUT2D eigenvalue weighted by Gasteiger charge is -2.48. The summed E-state index contributed by atoms with van der Waals surface area (Å²) >= 11 is 0. The van der Waals surface area contributed by atoms with Crippen molar-refractivity contribution in [1.82, 2.24) is 4.90 Å². The van der Waals surface area contributed by atoms with Crippen molar-refractivity contribution in [1.29, 1.82) is 0 Å². The summed E-state index contributed by atoms with van der Waals surface area (Å²) in [5, 5.41) is 10.1. The number of amides is 1. The summed E-state index contributed by atoms with van der Waals surface area (Å²) in [6.45, 7) is 6.84. The van der Waals surface area contributed by atoms with E-state index < -0.39 is 11.4 Å². The van der Waals surface area contributed by atoms with Crippen LogP contribution in [-0.2, 0) is 15.1 Å². The number of ether oxygens (including phenoxy) is 2. The molecule has 0 bridgehead atoms. The van der Waals surface area contributed by atoms with Gasteiger partial charge in [0.05, 0.1) is 23.4 Å². The van der Waals surface area contributed by atoms with Crippen LogP contribution in [0.25, 0.3) is 0 Å². The first-order valence-electron chi connectivity index (χ1n) is 11.9. The third-order valence-corrected chi connectivity index (χ3v) is 6.88. The molecule has 1 spiro atoms. The zero-order valence-corrected chi connectivity index (χ0v) is 19.7.